The van der Waals surface area contributed by atoms with E-state index in [1.54, 1.807) is 24.3 Å². The van der Waals surface area contributed by atoms with E-state index < -0.39 is 4.92 Å². The van der Waals surface area contributed by atoms with E-state index in [0.29, 0.717) is 16.3 Å². The number of methoxy groups -OCH3 is 2. The molecule has 0 aliphatic carbocycles. The maximum Gasteiger partial charge on any atom is 0.276 e. The van der Waals surface area contributed by atoms with Gasteiger partial charge in [0.05, 0.1) is 31.6 Å². The lowest BCUT2D eigenvalue weighted by Crippen LogP contribution is -2.27. The number of halogens is 1. The Bertz CT molecular complexity index is 810. The number of amides is 1. The van der Waals surface area contributed by atoms with Crippen LogP contribution in [-0.2, 0) is 17.6 Å². The third kappa shape index (κ3) is 4.86. The summed E-state index contributed by atoms with van der Waals surface area (Å²) in [6.07, 6.45) is 0.429. The van der Waals surface area contributed by atoms with Crippen LogP contribution in [0.4, 0.5) is 5.69 Å². The van der Waals surface area contributed by atoms with Crippen molar-refractivity contribution in [3.05, 3.63) is 62.7 Å². The van der Waals surface area contributed by atoms with Gasteiger partial charge in [-0.25, -0.2) is 0 Å². The van der Waals surface area contributed by atoms with Crippen LogP contribution >= 0.6 is 11.6 Å². The first-order valence-electron chi connectivity index (χ1n) is 7.85. The third-order valence-corrected chi connectivity index (χ3v) is 4.18. The predicted octanol–water partition coefficient (Wildman–Crippen LogP) is 3.17. The van der Waals surface area contributed by atoms with Crippen LogP contribution in [0.5, 0.6) is 11.5 Å². The fourth-order valence-corrected chi connectivity index (χ4v) is 2.70. The van der Waals surface area contributed by atoms with Crippen LogP contribution < -0.4 is 14.8 Å². The summed E-state index contributed by atoms with van der Waals surface area (Å²) in [4.78, 5) is 22.8. The Balaban J connectivity index is 2.03. The van der Waals surface area contributed by atoms with Crippen molar-refractivity contribution in [1.82, 2.24) is 5.32 Å². The highest BCUT2D eigenvalue weighted by atomic mass is 35.5. The first-order chi connectivity index (χ1) is 12.5. The molecule has 2 aromatic carbocycles. The Labute approximate surface area is 156 Å². The molecule has 8 heteroatoms. The normalized spacial score (nSPS) is 10.3. The predicted molar refractivity (Wildman–Crippen MR) is 98.1 cm³/mol. The van der Waals surface area contributed by atoms with Gasteiger partial charge in [-0.2, -0.15) is 0 Å². The molecule has 0 atom stereocenters. The fourth-order valence-electron chi connectivity index (χ4n) is 2.49. The summed E-state index contributed by atoms with van der Waals surface area (Å²) in [5.74, 6) is 0.474. The summed E-state index contributed by atoms with van der Waals surface area (Å²) >= 11 is 6.04. The summed E-state index contributed by atoms with van der Waals surface area (Å²) in [6, 6.07) is 9.97. The van der Waals surface area contributed by atoms with Gasteiger partial charge in [0.15, 0.2) is 11.5 Å². The van der Waals surface area contributed by atoms with E-state index in [9.17, 15) is 14.9 Å². The van der Waals surface area contributed by atoms with Gasteiger partial charge in [-0.3, -0.25) is 14.9 Å². The smallest absolute Gasteiger partial charge is 0.276 e. The molecule has 2 rings (SSSR count). The van der Waals surface area contributed by atoms with Crippen molar-refractivity contribution in [1.29, 1.82) is 0 Å². The average Bonchev–Trinajstić information content (AvgIpc) is 2.62. The maximum atomic E-state index is 12.0. The van der Waals surface area contributed by atoms with E-state index in [0.717, 1.165) is 5.56 Å². The molecule has 0 spiro atoms. The van der Waals surface area contributed by atoms with Gasteiger partial charge in [0.25, 0.3) is 5.69 Å². The number of nitrogens with zero attached hydrogens (tertiary/aromatic N) is 1. The van der Waals surface area contributed by atoms with Gasteiger partial charge in [0.1, 0.15) is 0 Å². The summed E-state index contributed by atoms with van der Waals surface area (Å²) in [5.41, 5.74) is 1.09. The van der Waals surface area contributed by atoms with Crippen LogP contribution in [0.25, 0.3) is 0 Å². The largest absolute Gasteiger partial charge is 0.493 e. The number of nitro benzene ring substituents is 1. The number of rotatable bonds is 8. The number of hydrogen-bond donors (Lipinski definition) is 1. The van der Waals surface area contributed by atoms with Gasteiger partial charge in [-0.15, -0.1) is 0 Å². The average molecular weight is 379 g/mol. The second-order valence-corrected chi connectivity index (χ2v) is 5.87. The van der Waals surface area contributed by atoms with Crippen molar-refractivity contribution in [3.8, 4) is 11.5 Å². The van der Waals surface area contributed by atoms with Crippen molar-refractivity contribution >= 4 is 23.2 Å². The SMILES string of the molecule is COc1cc(CCNC(=O)Cc2ccccc2Cl)c([N+](=O)[O-])cc1OC. The van der Waals surface area contributed by atoms with Crippen LogP contribution in [0.15, 0.2) is 36.4 Å². The molecule has 0 bridgehead atoms. The number of nitrogens with one attached hydrogen (secondary N) is 1. The molecule has 0 heterocycles. The molecule has 0 saturated carbocycles. The first kappa shape index (κ1) is 19.5. The molecule has 0 fully saturated rings. The summed E-state index contributed by atoms with van der Waals surface area (Å²) < 4.78 is 10.3. The molecule has 1 amide bonds. The Morgan fingerprint density at radius 1 is 1.15 bits per heavy atom. The molecular formula is C18H19ClN2O5. The topological polar surface area (TPSA) is 90.7 Å². The number of benzene rings is 2. The van der Waals surface area contributed by atoms with Gasteiger partial charge in [-0.05, 0) is 24.1 Å². The molecule has 26 heavy (non-hydrogen) atoms. The molecule has 138 valence electrons. The number of carbonyl (C=O) groups excluding carboxylic acids is 1. The molecule has 2 aromatic rings. The number of ether oxygens (including phenoxy) is 2. The highest BCUT2D eigenvalue weighted by Gasteiger charge is 2.19. The zero-order valence-corrected chi connectivity index (χ0v) is 15.2. The Morgan fingerprint density at radius 3 is 2.42 bits per heavy atom. The van der Waals surface area contributed by atoms with Crippen molar-refractivity contribution in [3.63, 3.8) is 0 Å². The van der Waals surface area contributed by atoms with Crippen molar-refractivity contribution in [2.75, 3.05) is 20.8 Å². The van der Waals surface area contributed by atoms with Gasteiger partial charge >= 0.3 is 0 Å². The van der Waals surface area contributed by atoms with E-state index in [1.807, 2.05) is 6.07 Å². The molecule has 0 aliphatic rings. The van der Waals surface area contributed by atoms with Gasteiger partial charge in [0.2, 0.25) is 5.91 Å². The number of carbonyl (C=O) groups is 1. The molecule has 0 aromatic heterocycles. The van der Waals surface area contributed by atoms with Gasteiger partial charge < -0.3 is 14.8 Å². The highest BCUT2D eigenvalue weighted by molar-refractivity contribution is 6.31. The lowest BCUT2D eigenvalue weighted by Gasteiger charge is -2.11. The summed E-state index contributed by atoms with van der Waals surface area (Å²) in [6.45, 7) is 0.250. The van der Waals surface area contributed by atoms with E-state index in [-0.39, 0.29) is 36.7 Å². The van der Waals surface area contributed by atoms with Crippen LogP contribution in [0.2, 0.25) is 5.02 Å². The monoisotopic (exact) mass is 378 g/mol. The van der Waals surface area contributed by atoms with Crippen LogP contribution in [-0.4, -0.2) is 31.6 Å². The molecule has 0 saturated heterocycles. The van der Waals surface area contributed by atoms with E-state index in [4.69, 9.17) is 21.1 Å². The first-order valence-corrected chi connectivity index (χ1v) is 8.23. The van der Waals surface area contributed by atoms with E-state index in [2.05, 4.69) is 5.32 Å². The second-order valence-electron chi connectivity index (χ2n) is 5.46. The zero-order chi connectivity index (χ0) is 19.1. The minimum absolute atomic E-state index is 0.0806. The molecule has 0 aliphatic heterocycles. The van der Waals surface area contributed by atoms with Crippen molar-refractivity contribution in [2.45, 2.75) is 12.8 Å². The minimum Gasteiger partial charge on any atom is -0.493 e. The van der Waals surface area contributed by atoms with E-state index >= 15 is 0 Å². The van der Waals surface area contributed by atoms with Crippen molar-refractivity contribution in [2.24, 2.45) is 0 Å². The second kappa shape index (κ2) is 9.05. The minimum atomic E-state index is -0.483. The summed E-state index contributed by atoms with van der Waals surface area (Å²) in [7, 11) is 2.87. The van der Waals surface area contributed by atoms with Crippen LogP contribution in [0, 0.1) is 10.1 Å². The molecule has 7 nitrogen and oxygen atoms in total. The van der Waals surface area contributed by atoms with Crippen molar-refractivity contribution < 1.29 is 19.2 Å². The maximum absolute atomic E-state index is 12.0. The lowest BCUT2D eigenvalue weighted by molar-refractivity contribution is -0.385. The number of nitro groups is 1. The van der Waals surface area contributed by atoms with Crippen LogP contribution in [0.3, 0.4) is 0 Å². The van der Waals surface area contributed by atoms with Crippen LogP contribution in [0.1, 0.15) is 11.1 Å². The van der Waals surface area contributed by atoms with Gasteiger partial charge in [-0.1, -0.05) is 29.8 Å². The third-order valence-electron chi connectivity index (χ3n) is 3.81. The summed E-state index contributed by atoms with van der Waals surface area (Å²) in [5, 5.41) is 14.5. The molecule has 0 radical (unpaired) electrons. The zero-order valence-electron chi connectivity index (χ0n) is 14.5. The highest BCUT2D eigenvalue weighted by Crippen LogP contribution is 2.34. The lowest BCUT2D eigenvalue weighted by atomic mass is 10.1. The molecule has 0 unspecified atom stereocenters. The molecular weight excluding hydrogens is 360 g/mol. The Kier molecular flexibility index (Phi) is 6.80. The Morgan fingerprint density at radius 2 is 1.81 bits per heavy atom. The quantitative estimate of drug-likeness (QED) is 0.562. The van der Waals surface area contributed by atoms with E-state index in [1.165, 1.54) is 20.3 Å². The standard InChI is InChI=1S/C18H19ClN2O5/c1-25-16-9-13(15(21(23)24)11-17(16)26-2)7-8-20-18(22)10-12-5-3-4-6-14(12)19/h3-6,9,11H,7-8,10H2,1-2H3,(H,20,22). The Hall–Kier alpha value is -2.80. The number of hydrogen-bond acceptors (Lipinski definition) is 5. The fraction of sp³-hybridized carbons (Fsp3) is 0.278. The molecule has 1 N–H and O–H groups in total. The van der Waals surface area contributed by atoms with Gasteiger partial charge in [0, 0.05) is 17.1 Å².